The molecule has 2 aliphatic rings. The van der Waals surface area contributed by atoms with Crippen LogP contribution in [-0.4, -0.2) is 29.5 Å². The van der Waals surface area contributed by atoms with E-state index in [1.54, 1.807) is 42.5 Å². The lowest BCUT2D eigenvalue weighted by molar-refractivity contribution is -0.287. The van der Waals surface area contributed by atoms with Gasteiger partial charge in [-0.2, -0.15) is 0 Å². The van der Waals surface area contributed by atoms with E-state index in [1.165, 1.54) is 24.4 Å². The molecule has 0 bridgehead atoms. The van der Waals surface area contributed by atoms with Crippen LogP contribution in [0.4, 0.5) is 5.69 Å². The molecule has 164 valence electrons. The number of hydrogen-bond acceptors (Lipinski definition) is 6. The third-order valence-electron chi connectivity index (χ3n) is 6.18. The summed E-state index contributed by atoms with van der Waals surface area (Å²) in [5, 5.41) is 9.59. The van der Waals surface area contributed by atoms with Crippen LogP contribution < -0.4 is 4.90 Å². The Morgan fingerprint density at radius 1 is 0.969 bits per heavy atom. The highest BCUT2D eigenvalue weighted by Crippen LogP contribution is 2.49. The van der Waals surface area contributed by atoms with Gasteiger partial charge < -0.3 is 0 Å². The van der Waals surface area contributed by atoms with Crippen molar-refractivity contribution >= 4 is 27.5 Å². The molecule has 2 aromatic carbocycles. The molecule has 0 radical (unpaired) electrons. The Hall–Kier alpha value is -3.27. The van der Waals surface area contributed by atoms with Crippen molar-refractivity contribution in [3.8, 4) is 0 Å². The predicted molar refractivity (Wildman–Crippen MR) is 114 cm³/mol. The van der Waals surface area contributed by atoms with Crippen LogP contribution in [0.5, 0.6) is 0 Å². The van der Waals surface area contributed by atoms with Crippen LogP contribution in [0.25, 0.3) is 0 Å². The van der Waals surface area contributed by atoms with Gasteiger partial charge in [0.05, 0.1) is 28.1 Å². The van der Waals surface area contributed by atoms with Crippen LogP contribution in [0.1, 0.15) is 35.3 Å². The number of amides is 2. The summed E-state index contributed by atoms with van der Waals surface area (Å²) in [4.78, 5) is 32.3. The van der Waals surface area contributed by atoms with Crippen LogP contribution in [0.15, 0.2) is 71.8 Å². The number of anilines is 1. The number of carbonyl (C=O) groups is 2. The molecule has 2 heterocycles. The van der Waals surface area contributed by atoms with Gasteiger partial charge in [-0.1, -0.05) is 35.9 Å². The number of aryl methyl sites for hydroxylation is 1. The fraction of sp³-hybridized carbons (Fsp3) is 0.217. The summed E-state index contributed by atoms with van der Waals surface area (Å²) in [7, 11) is -4.01. The van der Waals surface area contributed by atoms with E-state index in [1.807, 2.05) is 6.92 Å². The first kappa shape index (κ1) is 20.6. The van der Waals surface area contributed by atoms with Crippen molar-refractivity contribution in [3.05, 3.63) is 83.7 Å². The van der Waals surface area contributed by atoms with Gasteiger partial charge in [0.2, 0.25) is 11.8 Å². The Morgan fingerprint density at radius 2 is 1.66 bits per heavy atom. The van der Waals surface area contributed by atoms with Crippen molar-refractivity contribution in [1.82, 2.24) is 3.97 Å². The minimum Gasteiger partial charge on any atom is -0.274 e. The van der Waals surface area contributed by atoms with Crippen LogP contribution in [0.3, 0.4) is 0 Å². The van der Waals surface area contributed by atoms with Gasteiger partial charge in [0, 0.05) is 6.20 Å². The van der Waals surface area contributed by atoms with Gasteiger partial charge in [0.15, 0.2) is 0 Å². The van der Waals surface area contributed by atoms with E-state index >= 15 is 0 Å². The lowest BCUT2D eigenvalue weighted by Crippen LogP contribution is -2.30. The van der Waals surface area contributed by atoms with Gasteiger partial charge >= 0.3 is 0 Å². The molecule has 3 atom stereocenters. The summed E-state index contributed by atoms with van der Waals surface area (Å²) < 4.78 is 27.7. The molecule has 0 unspecified atom stereocenters. The molecular formula is C23H20N2O6S. The summed E-state index contributed by atoms with van der Waals surface area (Å²) in [6.45, 7) is 1.85. The highest BCUT2D eigenvalue weighted by molar-refractivity contribution is 7.90. The molecular weight excluding hydrogens is 432 g/mol. The van der Waals surface area contributed by atoms with Crippen LogP contribution in [0.2, 0.25) is 0 Å². The normalized spacial score (nSPS) is 22.7. The molecule has 1 aliphatic carbocycles. The van der Waals surface area contributed by atoms with Gasteiger partial charge in [-0.05, 0) is 49.2 Å². The number of benzene rings is 2. The smallest absolute Gasteiger partial charge is 0.267 e. The molecule has 8 nitrogen and oxygen atoms in total. The van der Waals surface area contributed by atoms with Crippen molar-refractivity contribution < 1.29 is 28.2 Å². The third kappa shape index (κ3) is 2.93. The maximum Gasteiger partial charge on any atom is 0.267 e. The second-order valence-electron chi connectivity index (χ2n) is 8.03. The maximum absolute atomic E-state index is 13.3. The van der Waals surface area contributed by atoms with Crippen LogP contribution >= 0.6 is 0 Å². The Labute approximate surface area is 184 Å². The summed E-state index contributed by atoms with van der Waals surface area (Å²) in [6, 6.07) is 16.5. The lowest BCUT2D eigenvalue weighted by Gasteiger charge is -2.28. The summed E-state index contributed by atoms with van der Waals surface area (Å²) >= 11 is 0. The number of hydrogen-bond donors (Lipinski definition) is 1. The van der Waals surface area contributed by atoms with Gasteiger partial charge in [-0.3, -0.25) is 14.8 Å². The highest BCUT2D eigenvalue weighted by Gasteiger charge is 2.54. The number of aromatic nitrogens is 1. The number of fused-ring (bicyclic) bond motifs is 3. The van der Waals surface area contributed by atoms with E-state index < -0.39 is 39.8 Å². The molecule has 1 aliphatic heterocycles. The minimum absolute atomic E-state index is 0.0183. The zero-order chi connectivity index (χ0) is 22.6. The fourth-order valence-corrected chi connectivity index (χ4v) is 6.06. The monoisotopic (exact) mass is 452 g/mol. The zero-order valence-corrected chi connectivity index (χ0v) is 17.9. The molecule has 3 aromatic rings. The van der Waals surface area contributed by atoms with Crippen molar-refractivity contribution in [2.75, 3.05) is 4.90 Å². The van der Waals surface area contributed by atoms with Gasteiger partial charge in [0.1, 0.15) is 6.10 Å². The minimum atomic E-state index is -4.01. The first-order valence-electron chi connectivity index (χ1n) is 10.1. The second kappa shape index (κ2) is 7.40. The van der Waals surface area contributed by atoms with Crippen molar-refractivity contribution in [2.24, 2.45) is 5.92 Å². The number of imide groups is 1. The van der Waals surface area contributed by atoms with E-state index in [0.717, 1.165) is 14.4 Å². The number of nitrogens with zero attached hydrogens (tertiary/aromatic N) is 2. The van der Waals surface area contributed by atoms with Crippen molar-refractivity contribution in [1.29, 1.82) is 0 Å². The van der Waals surface area contributed by atoms with Gasteiger partial charge in [-0.15, -0.1) is 0 Å². The van der Waals surface area contributed by atoms with E-state index in [9.17, 15) is 23.3 Å². The molecule has 32 heavy (non-hydrogen) atoms. The molecule has 5 rings (SSSR count). The second-order valence-corrected chi connectivity index (χ2v) is 9.85. The predicted octanol–water partition coefficient (Wildman–Crippen LogP) is 3.24. The number of carbonyl (C=O) groups excluding carboxylic acids is 2. The van der Waals surface area contributed by atoms with Gasteiger partial charge in [0.25, 0.3) is 10.0 Å². The van der Waals surface area contributed by atoms with E-state index in [2.05, 4.69) is 4.89 Å². The largest absolute Gasteiger partial charge is 0.274 e. The quantitative estimate of drug-likeness (QED) is 0.370. The SMILES string of the molecule is Cc1ccc(S(=O)(=O)n2ccc3c2[C@@H](OO)C[C@@H]2C(=O)N(c4ccccc4)C(=O)[C@H]32)cc1. The molecule has 2 amide bonds. The van der Waals surface area contributed by atoms with Crippen LogP contribution in [-0.2, 0) is 24.5 Å². The molecule has 9 heteroatoms. The zero-order valence-electron chi connectivity index (χ0n) is 17.1. The standard InChI is InChI=1S/C23H20N2O6S/c1-14-7-9-16(10-8-14)32(29,30)24-12-11-17-20-18(13-19(31-28)21(17)24)22(26)25(23(20)27)15-5-3-2-4-6-15/h2-12,18-20,28H,13H2,1H3/t18-,19-,20+/m0/s1. The maximum atomic E-state index is 13.3. The Morgan fingerprint density at radius 3 is 2.31 bits per heavy atom. The Bertz CT molecular complexity index is 1310. The molecule has 0 saturated carbocycles. The Balaban J connectivity index is 1.63. The van der Waals surface area contributed by atoms with E-state index in [4.69, 9.17) is 0 Å². The van der Waals surface area contributed by atoms with E-state index in [0.29, 0.717) is 11.3 Å². The average molecular weight is 452 g/mol. The fourth-order valence-electron chi connectivity index (χ4n) is 4.65. The first-order valence-corrected chi connectivity index (χ1v) is 11.5. The Kier molecular flexibility index (Phi) is 4.77. The first-order chi connectivity index (χ1) is 15.3. The molecule has 1 N–H and O–H groups in total. The molecule has 0 spiro atoms. The van der Waals surface area contributed by atoms with Crippen molar-refractivity contribution in [3.63, 3.8) is 0 Å². The summed E-state index contributed by atoms with van der Waals surface area (Å²) in [5.74, 6) is -2.42. The van der Waals surface area contributed by atoms with Gasteiger partial charge in [-0.25, -0.2) is 22.2 Å². The highest BCUT2D eigenvalue weighted by atomic mass is 32.2. The summed E-state index contributed by atoms with van der Waals surface area (Å²) in [6.07, 6.45) is 0.251. The third-order valence-corrected chi connectivity index (χ3v) is 7.88. The number of para-hydroxylation sites is 1. The summed E-state index contributed by atoms with van der Waals surface area (Å²) in [5.41, 5.74) is 1.89. The lowest BCUT2D eigenvalue weighted by atomic mass is 9.78. The van der Waals surface area contributed by atoms with Crippen LogP contribution in [0, 0.1) is 12.8 Å². The molecule has 1 saturated heterocycles. The number of rotatable bonds is 4. The van der Waals surface area contributed by atoms with E-state index in [-0.39, 0.29) is 17.0 Å². The topological polar surface area (TPSA) is 106 Å². The molecule has 1 fully saturated rings. The average Bonchev–Trinajstić information content (AvgIpc) is 3.34. The molecule has 1 aromatic heterocycles. The van der Waals surface area contributed by atoms with Crippen molar-refractivity contribution in [2.45, 2.75) is 30.3 Å².